The second kappa shape index (κ2) is 9.75. The minimum Gasteiger partial charge on any atom is -0.363 e. The van der Waals surface area contributed by atoms with Crippen LogP contribution in [-0.2, 0) is 6.42 Å². The van der Waals surface area contributed by atoms with E-state index in [0.717, 1.165) is 61.2 Å². The van der Waals surface area contributed by atoms with Crippen molar-refractivity contribution < 1.29 is 9.18 Å². The molecule has 0 unspecified atom stereocenters. The summed E-state index contributed by atoms with van der Waals surface area (Å²) in [4.78, 5) is 19.3. The molecule has 1 aliphatic carbocycles. The number of anilines is 2. The molecule has 5 rings (SSSR count). The molecular weight excluding hydrogens is 417 g/mol. The van der Waals surface area contributed by atoms with Gasteiger partial charge in [0, 0.05) is 36.7 Å². The molecule has 1 saturated heterocycles. The second-order valence-corrected chi connectivity index (χ2v) is 8.94. The van der Waals surface area contributed by atoms with Crippen molar-refractivity contribution in [1.82, 2.24) is 15.2 Å². The van der Waals surface area contributed by atoms with Crippen LogP contribution >= 0.6 is 0 Å². The minimum absolute atomic E-state index is 0.123. The molecule has 3 N–H and O–H groups in total. The third kappa shape index (κ3) is 5.09. The monoisotopic (exact) mass is 447 g/mol. The molecule has 0 saturated carbocycles. The van der Waals surface area contributed by atoms with Crippen LogP contribution in [0.4, 0.5) is 20.7 Å². The first kappa shape index (κ1) is 21.6. The second-order valence-electron chi connectivity index (χ2n) is 8.94. The van der Waals surface area contributed by atoms with Crippen molar-refractivity contribution in [3.05, 3.63) is 65.7 Å². The number of halogens is 1. The van der Waals surface area contributed by atoms with Crippen molar-refractivity contribution in [3.63, 3.8) is 0 Å². The third-order valence-electron chi connectivity index (χ3n) is 6.73. The van der Waals surface area contributed by atoms with Crippen molar-refractivity contribution >= 4 is 28.4 Å². The normalized spacial score (nSPS) is 18.8. The van der Waals surface area contributed by atoms with Gasteiger partial charge in [-0.25, -0.2) is 14.2 Å². The first-order valence-corrected chi connectivity index (χ1v) is 11.8. The van der Waals surface area contributed by atoms with Gasteiger partial charge in [0.05, 0.1) is 11.6 Å². The lowest BCUT2D eigenvalue weighted by molar-refractivity contribution is 0.184. The first-order valence-electron chi connectivity index (χ1n) is 11.8. The van der Waals surface area contributed by atoms with E-state index in [-0.39, 0.29) is 18.7 Å². The van der Waals surface area contributed by atoms with E-state index in [1.165, 1.54) is 11.1 Å². The Bertz CT molecular complexity index is 1130. The predicted molar refractivity (Wildman–Crippen MR) is 130 cm³/mol. The number of amides is 2. The topological polar surface area (TPSA) is 69.3 Å². The molecule has 1 atom stereocenters. The smallest absolute Gasteiger partial charge is 0.319 e. The Morgan fingerprint density at radius 1 is 1.06 bits per heavy atom. The van der Waals surface area contributed by atoms with E-state index in [0.29, 0.717) is 12.6 Å². The molecule has 1 aliphatic heterocycles. The predicted octanol–water partition coefficient (Wildman–Crippen LogP) is 4.89. The molecule has 2 heterocycles. The van der Waals surface area contributed by atoms with Crippen LogP contribution in [0.1, 0.15) is 36.4 Å². The van der Waals surface area contributed by atoms with E-state index in [9.17, 15) is 9.18 Å². The summed E-state index contributed by atoms with van der Waals surface area (Å²) in [7, 11) is 0. The molecule has 0 spiro atoms. The number of carbonyl (C=O) groups excluding carboxylic acids is 1. The SMILES string of the molecule is O=C(Nc1ccc2nc(N[C@@H]3CCc4ccccc43)ccc2c1)NC1CCN(CCF)CC1. The molecule has 2 aromatic carbocycles. The highest BCUT2D eigenvalue weighted by Crippen LogP contribution is 2.33. The van der Waals surface area contributed by atoms with E-state index in [1.54, 1.807) is 0 Å². The average Bonchev–Trinajstić information content (AvgIpc) is 3.23. The van der Waals surface area contributed by atoms with Crippen LogP contribution in [0.15, 0.2) is 54.6 Å². The summed E-state index contributed by atoms with van der Waals surface area (Å²) in [6.07, 6.45) is 3.85. The number of alkyl halides is 1. The molecule has 2 amide bonds. The quantitative estimate of drug-likeness (QED) is 0.503. The van der Waals surface area contributed by atoms with Crippen LogP contribution in [0.5, 0.6) is 0 Å². The van der Waals surface area contributed by atoms with Gasteiger partial charge in [-0.05, 0) is 67.1 Å². The molecule has 3 aromatic rings. The highest BCUT2D eigenvalue weighted by atomic mass is 19.1. The molecule has 6 nitrogen and oxygen atoms in total. The third-order valence-corrected chi connectivity index (χ3v) is 6.73. The lowest BCUT2D eigenvalue weighted by atomic mass is 10.1. The van der Waals surface area contributed by atoms with Gasteiger partial charge in [0.2, 0.25) is 0 Å². The molecule has 2 aliphatic rings. The largest absolute Gasteiger partial charge is 0.363 e. The Labute approximate surface area is 193 Å². The van der Waals surface area contributed by atoms with Gasteiger partial charge in [0.1, 0.15) is 12.5 Å². The summed E-state index contributed by atoms with van der Waals surface area (Å²) in [6, 6.07) is 18.6. The van der Waals surface area contributed by atoms with Crippen LogP contribution in [0, 0.1) is 0 Å². The zero-order valence-corrected chi connectivity index (χ0v) is 18.7. The van der Waals surface area contributed by atoms with E-state index >= 15 is 0 Å². The number of aromatic nitrogens is 1. The number of urea groups is 1. The number of pyridine rings is 1. The van der Waals surface area contributed by atoms with Crippen LogP contribution in [0.25, 0.3) is 10.9 Å². The van der Waals surface area contributed by atoms with Gasteiger partial charge < -0.3 is 20.9 Å². The number of aryl methyl sites for hydroxylation is 1. The Kier molecular flexibility index (Phi) is 6.39. The number of piperidine rings is 1. The Hall–Kier alpha value is -3.19. The Morgan fingerprint density at radius 2 is 1.91 bits per heavy atom. The maximum Gasteiger partial charge on any atom is 0.319 e. The number of hydrogen-bond donors (Lipinski definition) is 3. The van der Waals surface area contributed by atoms with Crippen molar-refractivity contribution in [2.45, 2.75) is 37.8 Å². The van der Waals surface area contributed by atoms with Crippen LogP contribution < -0.4 is 16.0 Å². The van der Waals surface area contributed by atoms with Gasteiger partial charge in [0.15, 0.2) is 0 Å². The molecular formula is C26H30FN5O. The highest BCUT2D eigenvalue weighted by Gasteiger charge is 2.22. The minimum atomic E-state index is -0.318. The van der Waals surface area contributed by atoms with Crippen LogP contribution in [0.3, 0.4) is 0 Å². The molecule has 7 heteroatoms. The first-order chi connectivity index (χ1) is 16.2. The van der Waals surface area contributed by atoms with Gasteiger partial charge in [-0.1, -0.05) is 24.3 Å². The van der Waals surface area contributed by atoms with E-state index in [1.807, 2.05) is 30.3 Å². The lowest BCUT2D eigenvalue weighted by Gasteiger charge is -2.31. The molecule has 0 radical (unpaired) electrons. The van der Waals surface area contributed by atoms with Crippen molar-refractivity contribution in [2.24, 2.45) is 0 Å². The summed E-state index contributed by atoms with van der Waals surface area (Å²) in [6.45, 7) is 1.80. The maximum absolute atomic E-state index is 12.5. The van der Waals surface area contributed by atoms with Gasteiger partial charge in [-0.2, -0.15) is 0 Å². The van der Waals surface area contributed by atoms with Crippen molar-refractivity contribution in [3.8, 4) is 0 Å². The number of hydrogen-bond acceptors (Lipinski definition) is 4. The Balaban J connectivity index is 1.19. The summed E-state index contributed by atoms with van der Waals surface area (Å²) in [5.74, 6) is 0.863. The fourth-order valence-electron chi connectivity index (χ4n) is 4.94. The van der Waals surface area contributed by atoms with Gasteiger partial charge in [-0.3, -0.25) is 0 Å². The van der Waals surface area contributed by atoms with E-state index in [4.69, 9.17) is 4.98 Å². The van der Waals surface area contributed by atoms with Crippen molar-refractivity contribution in [1.29, 1.82) is 0 Å². The zero-order chi connectivity index (χ0) is 22.6. The summed E-state index contributed by atoms with van der Waals surface area (Å²) >= 11 is 0. The number of benzene rings is 2. The summed E-state index contributed by atoms with van der Waals surface area (Å²) in [5, 5.41) is 10.5. The van der Waals surface area contributed by atoms with E-state index in [2.05, 4.69) is 45.1 Å². The summed E-state index contributed by atoms with van der Waals surface area (Å²) in [5.41, 5.74) is 4.40. The number of carbonyl (C=O) groups is 1. The summed E-state index contributed by atoms with van der Waals surface area (Å²) < 4.78 is 12.5. The number of nitrogens with zero attached hydrogens (tertiary/aromatic N) is 2. The number of likely N-dealkylation sites (tertiary alicyclic amines) is 1. The van der Waals surface area contributed by atoms with Gasteiger partial charge in [0.25, 0.3) is 0 Å². The zero-order valence-electron chi connectivity index (χ0n) is 18.7. The number of fused-ring (bicyclic) bond motifs is 2. The maximum atomic E-state index is 12.5. The fraction of sp³-hybridized carbons (Fsp3) is 0.385. The molecule has 172 valence electrons. The van der Waals surface area contributed by atoms with Crippen LogP contribution in [-0.4, -0.2) is 48.3 Å². The number of rotatable bonds is 6. The standard InChI is InChI=1S/C26H30FN5O/c27-13-16-32-14-11-20(12-15-32)28-26(33)29-21-7-9-23-19(17-21)6-10-25(30-23)31-24-8-5-18-3-1-2-4-22(18)24/h1-4,6-7,9-10,17,20,24H,5,8,11-16H2,(H,30,31)(H2,28,29,33)/t24-/m1/s1. The molecule has 33 heavy (non-hydrogen) atoms. The van der Waals surface area contributed by atoms with Crippen LogP contribution in [0.2, 0.25) is 0 Å². The Morgan fingerprint density at radius 3 is 2.76 bits per heavy atom. The van der Waals surface area contributed by atoms with Gasteiger partial charge in [-0.15, -0.1) is 0 Å². The molecule has 1 aromatic heterocycles. The van der Waals surface area contributed by atoms with Crippen molar-refractivity contribution in [2.75, 3.05) is 36.9 Å². The molecule has 1 fully saturated rings. The van der Waals surface area contributed by atoms with E-state index < -0.39 is 0 Å². The number of nitrogens with one attached hydrogen (secondary N) is 3. The average molecular weight is 448 g/mol. The lowest BCUT2D eigenvalue weighted by Crippen LogP contribution is -2.46. The molecule has 0 bridgehead atoms. The highest BCUT2D eigenvalue weighted by molar-refractivity contribution is 5.93. The van der Waals surface area contributed by atoms with Gasteiger partial charge >= 0.3 is 6.03 Å². The fourth-order valence-corrected chi connectivity index (χ4v) is 4.94.